The zero-order valence-electron chi connectivity index (χ0n) is 24.0. The van der Waals surface area contributed by atoms with Crippen LogP contribution in [0.3, 0.4) is 0 Å². The smallest absolute Gasteiger partial charge is 0.328 e. The van der Waals surface area contributed by atoms with Crippen molar-refractivity contribution in [2.24, 2.45) is 5.92 Å². The number of nitrogens with one attached hydrogen (secondary N) is 2. The second kappa shape index (κ2) is 18.6. The highest BCUT2D eigenvalue weighted by Gasteiger charge is 2.30. The molecule has 0 aliphatic rings. The van der Waals surface area contributed by atoms with Crippen molar-refractivity contribution < 1.29 is 28.7 Å². The first-order valence-corrected chi connectivity index (χ1v) is 14.3. The molecule has 0 spiro atoms. The van der Waals surface area contributed by atoms with Crippen molar-refractivity contribution in [3.8, 4) is 0 Å². The van der Waals surface area contributed by atoms with Gasteiger partial charge in [-0.05, 0) is 29.9 Å². The van der Waals surface area contributed by atoms with E-state index in [4.69, 9.17) is 9.47 Å². The third-order valence-electron chi connectivity index (χ3n) is 6.48. The summed E-state index contributed by atoms with van der Waals surface area (Å²) in [6, 6.07) is 16.6. The highest BCUT2D eigenvalue weighted by molar-refractivity contribution is 5.91. The Kier molecular flexibility index (Phi) is 15.1. The van der Waals surface area contributed by atoms with Gasteiger partial charge in [-0.2, -0.15) is 0 Å². The number of benzene rings is 2. The van der Waals surface area contributed by atoms with Crippen LogP contribution in [0.15, 0.2) is 60.7 Å². The fourth-order valence-corrected chi connectivity index (χ4v) is 4.08. The molecule has 2 aromatic carbocycles. The molecule has 0 radical (unpaired) electrons. The van der Waals surface area contributed by atoms with E-state index in [0.717, 1.165) is 43.2 Å². The van der Waals surface area contributed by atoms with Gasteiger partial charge in [0.15, 0.2) is 0 Å². The molecule has 0 saturated carbocycles. The number of esters is 2. The van der Waals surface area contributed by atoms with Crippen molar-refractivity contribution in [2.45, 2.75) is 97.4 Å². The largest absolute Gasteiger partial charge is 0.461 e. The van der Waals surface area contributed by atoms with E-state index in [1.165, 1.54) is 0 Å². The number of hydrogen-bond donors (Lipinski definition) is 2. The van der Waals surface area contributed by atoms with E-state index in [1.54, 1.807) is 0 Å². The molecule has 8 nitrogen and oxygen atoms in total. The molecule has 0 aliphatic heterocycles. The number of ether oxygens (including phenoxy) is 2. The van der Waals surface area contributed by atoms with E-state index in [1.807, 2.05) is 74.5 Å². The molecule has 2 atom stereocenters. The first-order valence-electron chi connectivity index (χ1n) is 14.3. The summed E-state index contributed by atoms with van der Waals surface area (Å²) in [6.07, 6.45) is 5.33. The Morgan fingerprint density at radius 2 is 1.30 bits per heavy atom. The lowest BCUT2D eigenvalue weighted by Crippen LogP contribution is -2.54. The first-order chi connectivity index (χ1) is 19.3. The molecular weight excluding hydrogens is 508 g/mol. The lowest BCUT2D eigenvalue weighted by atomic mass is 10.0. The summed E-state index contributed by atoms with van der Waals surface area (Å²) in [5, 5.41) is 5.53. The zero-order valence-corrected chi connectivity index (χ0v) is 24.0. The van der Waals surface area contributed by atoms with E-state index < -0.39 is 29.9 Å². The fraction of sp³-hybridized carbons (Fsp3) is 0.500. The van der Waals surface area contributed by atoms with Crippen LogP contribution >= 0.6 is 0 Å². The van der Waals surface area contributed by atoms with Gasteiger partial charge >= 0.3 is 11.9 Å². The number of unbranched alkanes of at least 4 members (excludes halogenated alkanes) is 4. The Morgan fingerprint density at radius 3 is 1.88 bits per heavy atom. The van der Waals surface area contributed by atoms with Gasteiger partial charge in [0.2, 0.25) is 11.8 Å². The van der Waals surface area contributed by atoms with Crippen LogP contribution in [0, 0.1) is 5.92 Å². The highest BCUT2D eigenvalue weighted by atomic mass is 16.5. The lowest BCUT2D eigenvalue weighted by Gasteiger charge is -2.25. The van der Waals surface area contributed by atoms with E-state index >= 15 is 0 Å². The maximum absolute atomic E-state index is 13.2. The Bertz CT molecular complexity index is 1040. The van der Waals surface area contributed by atoms with E-state index in [2.05, 4.69) is 17.6 Å². The molecule has 0 aliphatic carbocycles. The topological polar surface area (TPSA) is 111 Å². The molecule has 8 heteroatoms. The van der Waals surface area contributed by atoms with Crippen molar-refractivity contribution in [3.05, 3.63) is 71.8 Å². The van der Waals surface area contributed by atoms with Crippen LogP contribution in [0.5, 0.6) is 0 Å². The van der Waals surface area contributed by atoms with Crippen LogP contribution < -0.4 is 10.6 Å². The Balaban J connectivity index is 1.98. The third-order valence-corrected chi connectivity index (χ3v) is 6.48. The predicted molar refractivity (Wildman–Crippen MR) is 154 cm³/mol. The van der Waals surface area contributed by atoms with Crippen LogP contribution in [0.1, 0.15) is 83.3 Å². The van der Waals surface area contributed by atoms with Crippen LogP contribution in [0.25, 0.3) is 0 Å². The summed E-state index contributed by atoms with van der Waals surface area (Å²) in [4.78, 5) is 51.2. The molecule has 0 heterocycles. The first kappa shape index (κ1) is 32.5. The lowest BCUT2D eigenvalue weighted by molar-refractivity contribution is -0.151. The van der Waals surface area contributed by atoms with Gasteiger partial charge in [0, 0.05) is 12.8 Å². The molecule has 0 aromatic heterocycles. The van der Waals surface area contributed by atoms with Gasteiger partial charge < -0.3 is 20.1 Å². The maximum atomic E-state index is 13.2. The minimum atomic E-state index is -1.08. The fourth-order valence-electron chi connectivity index (χ4n) is 4.08. The van der Waals surface area contributed by atoms with Gasteiger partial charge in [0.05, 0.1) is 0 Å². The maximum Gasteiger partial charge on any atom is 0.328 e. The van der Waals surface area contributed by atoms with Gasteiger partial charge in [-0.3, -0.25) is 14.4 Å². The average Bonchev–Trinajstić information content (AvgIpc) is 2.96. The Morgan fingerprint density at radius 1 is 0.725 bits per heavy atom. The average molecular weight is 553 g/mol. The van der Waals surface area contributed by atoms with E-state index in [9.17, 15) is 19.2 Å². The summed E-state index contributed by atoms with van der Waals surface area (Å²) < 4.78 is 10.8. The number of rotatable bonds is 18. The number of amides is 2. The van der Waals surface area contributed by atoms with Gasteiger partial charge in [-0.15, -0.1) is 0 Å². The summed E-state index contributed by atoms with van der Waals surface area (Å²) in [7, 11) is 0. The molecule has 0 fully saturated rings. The summed E-state index contributed by atoms with van der Waals surface area (Å²) in [6.45, 7) is 5.95. The quantitative estimate of drug-likeness (QED) is 0.193. The molecule has 2 N–H and O–H groups in total. The van der Waals surface area contributed by atoms with Gasteiger partial charge in [0.25, 0.3) is 0 Å². The zero-order chi connectivity index (χ0) is 29.2. The molecule has 2 rings (SSSR count). The molecule has 0 unspecified atom stereocenters. The van der Waals surface area contributed by atoms with Crippen LogP contribution in [-0.2, 0) is 41.9 Å². The highest BCUT2D eigenvalue weighted by Crippen LogP contribution is 2.11. The van der Waals surface area contributed by atoms with Crippen molar-refractivity contribution in [1.82, 2.24) is 10.6 Å². The van der Waals surface area contributed by atoms with Crippen LogP contribution in [-0.4, -0.2) is 35.8 Å². The van der Waals surface area contributed by atoms with Gasteiger partial charge in [-0.25, -0.2) is 4.79 Å². The monoisotopic (exact) mass is 552 g/mol. The minimum Gasteiger partial charge on any atom is -0.461 e. The van der Waals surface area contributed by atoms with E-state index in [-0.39, 0.29) is 37.9 Å². The number of carbonyl (C=O) groups is 4. The summed E-state index contributed by atoms with van der Waals surface area (Å²) in [5.41, 5.74) is 1.65. The molecule has 218 valence electrons. The predicted octanol–water partition coefficient (Wildman–Crippen LogP) is 5.24. The molecule has 0 bridgehead atoms. The minimum absolute atomic E-state index is 0.00315. The number of hydrogen-bond acceptors (Lipinski definition) is 6. The standard InChI is InChI=1S/C32H44N2O6/c1-4-5-6-7-14-19-28(35)34-30(24(2)3)31(37)33-27(32(38)40-23-26-17-12-9-13-18-26)20-21-29(36)39-22-25-15-10-8-11-16-25/h8-13,15-18,24,27,30H,4-7,14,19-23H2,1-3H3,(H,33,37)(H,34,35)/t27-,30-/m1/s1. The summed E-state index contributed by atoms with van der Waals surface area (Å²) >= 11 is 0. The Hall–Kier alpha value is -3.68. The van der Waals surface area contributed by atoms with Crippen molar-refractivity contribution in [1.29, 1.82) is 0 Å². The molecule has 0 saturated heterocycles. The van der Waals surface area contributed by atoms with Gasteiger partial charge in [-0.1, -0.05) is 107 Å². The number of carbonyl (C=O) groups excluding carboxylic acids is 4. The van der Waals surface area contributed by atoms with Crippen LogP contribution in [0.2, 0.25) is 0 Å². The summed E-state index contributed by atoms with van der Waals surface area (Å²) in [5.74, 6) is -2.04. The normalized spacial score (nSPS) is 12.3. The molecule has 2 amide bonds. The molecule has 40 heavy (non-hydrogen) atoms. The van der Waals surface area contributed by atoms with Crippen molar-refractivity contribution in [3.63, 3.8) is 0 Å². The second-order valence-electron chi connectivity index (χ2n) is 10.3. The van der Waals surface area contributed by atoms with Gasteiger partial charge in [0.1, 0.15) is 25.3 Å². The molecule has 2 aromatic rings. The van der Waals surface area contributed by atoms with E-state index in [0.29, 0.717) is 6.42 Å². The third kappa shape index (κ3) is 12.9. The van der Waals surface area contributed by atoms with Crippen LogP contribution in [0.4, 0.5) is 0 Å². The second-order valence-corrected chi connectivity index (χ2v) is 10.3. The SMILES string of the molecule is CCCCCCCC(=O)N[C@@H](C(=O)N[C@H](CCC(=O)OCc1ccccc1)C(=O)OCc1ccccc1)C(C)C. The van der Waals surface area contributed by atoms with Crippen molar-refractivity contribution >= 4 is 23.8 Å². The van der Waals surface area contributed by atoms with Crippen molar-refractivity contribution in [2.75, 3.05) is 0 Å². The molecular formula is C32H44N2O6. The Labute approximate surface area is 238 Å².